The molecule has 3 heteroatoms. The molecule has 0 radical (unpaired) electrons. The van der Waals surface area contributed by atoms with Gasteiger partial charge in [-0.3, -0.25) is 0 Å². The van der Waals surface area contributed by atoms with E-state index in [2.05, 4.69) is 35.5 Å². The van der Waals surface area contributed by atoms with Crippen molar-refractivity contribution in [2.24, 2.45) is 0 Å². The third kappa shape index (κ3) is 2.13. The minimum Gasteiger partial charge on any atom is -0.300 e. The third-order valence-corrected chi connectivity index (χ3v) is 4.51. The van der Waals surface area contributed by atoms with E-state index in [9.17, 15) is 0 Å². The number of rotatable bonds is 1. The molecule has 0 bridgehead atoms. The first-order chi connectivity index (χ1) is 8.24. The largest absolute Gasteiger partial charge is 0.300 e. The highest BCUT2D eigenvalue weighted by atomic mass is 35.5. The Labute approximate surface area is 111 Å². The Morgan fingerprint density at radius 2 is 2.00 bits per heavy atom. The van der Waals surface area contributed by atoms with E-state index in [1.54, 1.807) is 0 Å². The van der Waals surface area contributed by atoms with E-state index in [4.69, 9.17) is 11.6 Å². The molecule has 1 atom stereocenters. The summed E-state index contributed by atoms with van der Waals surface area (Å²) in [5.74, 6) is 0.493. The highest BCUT2D eigenvalue weighted by Gasteiger charge is 2.25. The van der Waals surface area contributed by atoms with Crippen LogP contribution in [0.4, 0.5) is 0 Å². The standard InChI is InChI=1S/C14H14ClNS/c1-16-8-13(10-2-4-11(15)5-3-10)12-6-7-17-14(12)9-16/h2-7,13H,8-9H2,1H3. The van der Waals surface area contributed by atoms with Crippen molar-refractivity contribution in [1.29, 1.82) is 0 Å². The summed E-state index contributed by atoms with van der Waals surface area (Å²) in [5, 5.41) is 3.01. The van der Waals surface area contributed by atoms with E-state index in [1.807, 2.05) is 23.5 Å². The van der Waals surface area contributed by atoms with Crippen LogP contribution in [0.1, 0.15) is 21.9 Å². The summed E-state index contributed by atoms with van der Waals surface area (Å²) in [6.07, 6.45) is 0. The average Bonchev–Trinajstić information content (AvgIpc) is 2.77. The van der Waals surface area contributed by atoms with Gasteiger partial charge in [0, 0.05) is 28.9 Å². The van der Waals surface area contributed by atoms with Crippen molar-refractivity contribution >= 4 is 22.9 Å². The maximum absolute atomic E-state index is 5.95. The molecular formula is C14H14ClNS. The quantitative estimate of drug-likeness (QED) is 0.752. The number of fused-ring (bicyclic) bond motifs is 1. The van der Waals surface area contributed by atoms with Crippen molar-refractivity contribution < 1.29 is 0 Å². The summed E-state index contributed by atoms with van der Waals surface area (Å²) in [6.45, 7) is 2.17. The molecule has 1 nitrogen and oxygen atoms in total. The van der Waals surface area contributed by atoms with Crippen LogP contribution in [0, 0.1) is 0 Å². The Morgan fingerprint density at radius 3 is 2.76 bits per heavy atom. The molecule has 17 heavy (non-hydrogen) atoms. The summed E-state index contributed by atoms with van der Waals surface area (Å²) < 4.78 is 0. The van der Waals surface area contributed by atoms with Crippen molar-refractivity contribution in [3.05, 3.63) is 56.7 Å². The molecule has 0 fully saturated rings. The summed E-state index contributed by atoms with van der Waals surface area (Å²) in [4.78, 5) is 3.89. The Kier molecular flexibility index (Phi) is 2.95. The number of halogens is 1. The highest BCUT2D eigenvalue weighted by Crippen LogP contribution is 2.36. The van der Waals surface area contributed by atoms with Gasteiger partial charge in [0.05, 0.1) is 0 Å². The fourth-order valence-electron chi connectivity index (χ4n) is 2.49. The number of nitrogens with zero attached hydrogens (tertiary/aromatic N) is 1. The van der Waals surface area contributed by atoms with Crippen LogP contribution in [0.2, 0.25) is 5.02 Å². The van der Waals surface area contributed by atoms with E-state index >= 15 is 0 Å². The van der Waals surface area contributed by atoms with E-state index in [0.717, 1.165) is 18.1 Å². The van der Waals surface area contributed by atoms with Crippen LogP contribution in [-0.4, -0.2) is 18.5 Å². The lowest BCUT2D eigenvalue weighted by molar-refractivity contribution is 0.299. The molecule has 1 aliphatic heterocycles. The van der Waals surface area contributed by atoms with Gasteiger partial charge >= 0.3 is 0 Å². The van der Waals surface area contributed by atoms with Crippen molar-refractivity contribution in [2.75, 3.05) is 13.6 Å². The van der Waals surface area contributed by atoms with Crippen LogP contribution in [-0.2, 0) is 6.54 Å². The second-order valence-electron chi connectivity index (χ2n) is 4.60. The summed E-state index contributed by atoms with van der Waals surface area (Å²) in [6, 6.07) is 10.5. The van der Waals surface area contributed by atoms with Gasteiger partial charge in [-0.1, -0.05) is 23.7 Å². The summed E-state index contributed by atoms with van der Waals surface area (Å²) in [5.41, 5.74) is 2.86. The zero-order chi connectivity index (χ0) is 11.8. The van der Waals surface area contributed by atoms with Crippen LogP contribution in [0.5, 0.6) is 0 Å². The first-order valence-corrected chi connectivity index (χ1v) is 7.00. The zero-order valence-electron chi connectivity index (χ0n) is 9.69. The topological polar surface area (TPSA) is 3.24 Å². The van der Waals surface area contributed by atoms with Gasteiger partial charge in [-0.15, -0.1) is 11.3 Å². The van der Waals surface area contributed by atoms with Crippen molar-refractivity contribution in [1.82, 2.24) is 4.90 Å². The fourth-order valence-corrected chi connectivity index (χ4v) is 3.64. The number of hydrogen-bond donors (Lipinski definition) is 0. The lowest BCUT2D eigenvalue weighted by Crippen LogP contribution is -2.29. The maximum atomic E-state index is 5.95. The molecule has 3 rings (SSSR count). The molecule has 2 heterocycles. The second kappa shape index (κ2) is 4.45. The number of thiophene rings is 1. The normalized spacial score (nSPS) is 20.2. The predicted molar refractivity (Wildman–Crippen MR) is 73.9 cm³/mol. The Balaban J connectivity index is 2.01. The Morgan fingerprint density at radius 1 is 1.24 bits per heavy atom. The zero-order valence-corrected chi connectivity index (χ0v) is 11.3. The molecule has 88 valence electrons. The first-order valence-electron chi connectivity index (χ1n) is 5.74. The molecule has 0 spiro atoms. The number of benzene rings is 1. The van der Waals surface area contributed by atoms with Gasteiger partial charge in [-0.05, 0) is 41.8 Å². The van der Waals surface area contributed by atoms with Crippen molar-refractivity contribution in [3.8, 4) is 0 Å². The van der Waals surface area contributed by atoms with Gasteiger partial charge in [0.1, 0.15) is 0 Å². The maximum Gasteiger partial charge on any atom is 0.0406 e. The number of hydrogen-bond acceptors (Lipinski definition) is 2. The van der Waals surface area contributed by atoms with E-state index in [0.29, 0.717) is 5.92 Å². The monoisotopic (exact) mass is 263 g/mol. The van der Waals surface area contributed by atoms with Crippen LogP contribution in [0.3, 0.4) is 0 Å². The molecule has 0 aliphatic carbocycles. The van der Waals surface area contributed by atoms with E-state index in [-0.39, 0.29) is 0 Å². The lowest BCUT2D eigenvalue weighted by Gasteiger charge is -2.30. The molecule has 0 N–H and O–H groups in total. The van der Waals surface area contributed by atoms with Gasteiger partial charge in [0.2, 0.25) is 0 Å². The second-order valence-corrected chi connectivity index (χ2v) is 6.04. The molecular weight excluding hydrogens is 250 g/mol. The van der Waals surface area contributed by atoms with Crippen molar-refractivity contribution in [2.45, 2.75) is 12.5 Å². The molecule has 2 aromatic rings. The van der Waals surface area contributed by atoms with Gasteiger partial charge in [0.25, 0.3) is 0 Å². The molecule has 1 aromatic heterocycles. The first kappa shape index (κ1) is 11.3. The lowest BCUT2D eigenvalue weighted by atomic mass is 9.89. The summed E-state index contributed by atoms with van der Waals surface area (Å²) in [7, 11) is 2.19. The van der Waals surface area contributed by atoms with Crippen LogP contribution >= 0.6 is 22.9 Å². The summed E-state index contributed by atoms with van der Waals surface area (Å²) >= 11 is 7.81. The Bertz CT molecular complexity index is 517. The van der Waals surface area contributed by atoms with Gasteiger partial charge in [0.15, 0.2) is 0 Å². The smallest absolute Gasteiger partial charge is 0.0406 e. The molecule has 0 saturated heterocycles. The van der Waals surface area contributed by atoms with Gasteiger partial charge in [-0.25, -0.2) is 0 Å². The minimum absolute atomic E-state index is 0.493. The van der Waals surface area contributed by atoms with E-state index in [1.165, 1.54) is 16.0 Å². The van der Waals surface area contributed by atoms with Gasteiger partial charge < -0.3 is 4.90 Å². The predicted octanol–water partition coefficient (Wildman–Crippen LogP) is 3.98. The van der Waals surface area contributed by atoms with Crippen molar-refractivity contribution in [3.63, 3.8) is 0 Å². The molecule has 1 unspecified atom stereocenters. The van der Waals surface area contributed by atoms with Crippen LogP contribution in [0.15, 0.2) is 35.7 Å². The van der Waals surface area contributed by atoms with Crippen LogP contribution < -0.4 is 0 Å². The molecule has 1 aromatic carbocycles. The molecule has 0 amide bonds. The van der Waals surface area contributed by atoms with E-state index < -0.39 is 0 Å². The third-order valence-electron chi connectivity index (χ3n) is 3.34. The van der Waals surface area contributed by atoms with Crippen LogP contribution in [0.25, 0.3) is 0 Å². The average molecular weight is 264 g/mol. The Hall–Kier alpha value is -0.830. The fraction of sp³-hybridized carbons (Fsp3) is 0.286. The number of likely N-dealkylation sites (N-methyl/N-ethyl adjacent to an activating group) is 1. The molecule has 0 saturated carbocycles. The SMILES string of the molecule is CN1Cc2sccc2C(c2ccc(Cl)cc2)C1. The molecule has 1 aliphatic rings. The minimum atomic E-state index is 0.493. The highest BCUT2D eigenvalue weighted by molar-refractivity contribution is 7.10. The van der Waals surface area contributed by atoms with Gasteiger partial charge in [-0.2, -0.15) is 0 Å².